The molecule has 8 nitrogen and oxygen atoms in total. The molecular weight excluding hydrogens is 321 g/mol. The Morgan fingerprint density at radius 1 is 1.08 bits per heavy atom. The van der Waals surface area contributed by atoms with Gasteiger partial charge in [0.05, 0.1) is 31.0 Å². The van der Waals surface area contributed by atoms with Gasteiger partial charge in [0, 0.05) is 18.2 Å². The van der Waals surface area contributed by atoms with E-state index in [1.54, 1.807) is 0 Å². The van der Waals surface area contributed by atoms with Gasteiger partial charge in [0.15, 0.2) is 11.6 Å². The minimum atomic E-state index is -0.864. The summed E-state index contributed by atoms with van der Waals surface area (Å²) in [6.07, 6.45) is 0. The van der Waals surface area contributed by atoms with E-state index in [1.165, 1.54) is 26.4 Å². The number of nitrogens with two attached hydrogens (primary N) is 1. The molecule has 0 aliphatic carbocycles. The van der Waals surface area contributed by atoms with Crippen LogP contribution in [0.2, 0.25) is 0 Å². The first kappa shape index (κ1) is 15.5. The first-order valence-electron chi connectivity index (χ1n) is 6.72. The first-order valence-corrected chi connectivity index (χ1v) is 6.72. The van der Waals surface area contributed by atoms with Crippen LogP contribution in [0, 0.1) is 5.82 Å². The molecule has 0 spiro atoms. The average Bonchev–Trinajstić information content (AvgIpc) is 2.83. The molecule has 0 fully saturated rings. The van der Waals surface area contributed by atoms with E-state index in [1.807, 2.05) is 5.32 Å². The highest BCUT2D eigenvalue weighted by Crippen LogP contribution is 2.31. The van der Waals surface area contributed by atoms with Crippen LogP contribution in [-0.2, 0) is 0 Å². The number of fused-ring (bicyclic) bond motifs is 1. The van der Waals surface area contributed by atoms with Crippen LogP contribution in [0.25, 0.3) is 5.69 Å². The summed E-state index contributed by atoms with van der Waals surface area (Å²) in [5.74, 6) is -2.65. The van der Waals surface area contributed by atoms with E-state index in [0.717, 1.165) is 10.6 Å². The minimum Gasteiger partial charge on any atom is -0.497 e. The molecule has 3 N–H and O–H groups in total. The molecule has 2 aromatic rings. The molecule has 0 bridgehead atoms. The van der Waals surface area contributed by atoms with Crippen molar-refractivity contribution < 1.29 is 23.5 Å². The Kier molecular flexibility index (Phi) is 3.48. The number of anilines is 1. The Hall–Kier alpha value is -3.36. The SMILES string of the molecule is COc1cc(OC)c(F)c(-n2c(N)c3c(cc2=O)C(=O)NC3=O)c1. The predicted octanol–water partition coefficient (Wildman–Crippen LogP) is 0.460. The van der Waals surface area contributed by atoms with Crippen molar-refractivity contribution in [3.05, 3.63) is 45.5 Å². The minimum absolute atomic E-state index is 0.144. The molecule has 1 aliphatic rings. The Labute approximate surface area is 134 Å². The zero-order chi connectivity index (χ0) is 17.6. The molecule has 2 amide bonds. The van der Waals surface area contributed by atoms with E-state index in [9.17, 15) is 18.8 Å². The Morgan fingerprint density at radius 3 is 2.42 bits per heavy atom. The summed E-state index contributed by atoms with van der Waals surface area (Å²) in [7, 11) is 2.61. The molecule has 0 unspecified atom stereocenters. The lowest BCUT2D eigenvalue weighted by Gasteiger charge is -2.15. The molecule has 24 heavy (non-hydrogen) atoms. The second kappa shape index (κ2) is 5.37. The maximum absolute atomic E-state index is 14.6. The maximum Gasteiger partial charge on any atom is 0.262 e. The van der Waals surface area contributed by atoms with E-state index >= 15 is 0 Å². The smallest absolute Gasteiger partial charge is 0.262 e. The van der Waals surface area contributed by atoms with Crippen LogP contribution >= 0.6 is 0 Å². The molecule has 0 saturated carbocycles. The molecular formula is C15H12FN3O5. The summed E-state index contributed by atoms with van der Waals surface area (Å²) in [4.78, 5) is 35.8. The summed E-state index contributed by atoms with van der Waals surface area (Å²) in [6.45, 7) is 0. The average molecular weight is 333 g/mol. The van der Waals surface area contributed by atoms with Gasteiger partial charge in [-0.2, -0.15) is 0 Å². The van der Waals surface area contributed by atoms with Gasteiger partial charge in [-0.05, 0) is 0 Å². The van der Waals surface area contributed by atoms with Crippen LogP contribution in [0.15, 0.2) is 23.0 Å². The largest absolute Gasteiger partial charge is 0.497 e. The third-order valence-electron chi connectivity index (χ3n) is 3.64. The third kappa shape index (κ3) is 2.09. The normalized spacial score (nSPS) is 12.8. The number of benzene rings is 1. The van der Waals surface area contributed by atoms with Crippen LogP contribution in [0.3, 0.4) is 0 Å². The molecule has 1 aliphatic heterocycles. The number of amides is 2. The van der Waals surface area contributed by atoms with Gasteiger partial charge in [-0.1, -0.05) is 0 Å². The number of nitrogens with one attached hydrogen (secondary N) is 1. The number of halogens is 1. The molecule has 1 aromatic carbocycles. The zero-order valence-electron chi connectivity index (χ0n) is 12.7. The Morgan fingerprint density at radius 2 is 1.79 bits per heavy atom. The Balaban J connectivity index is 2.37. The van der Waals surface area contributed by atoms with Crippen molar-refractivity contribution in [2.24, 2.45) is 0 Å². The van der Waals surface area contributed by atoms with Crippen LogP contribution in [0.1, 0.15) is 20.7 Å². The third-order valence-corrected chi connectivity index (χ3v) is 3.64. The van der Waals surface area contributed by atoms with Gasteiger partial charge >= 0.3 is 0 Å². The number of ether oxygens (including phenoxy) is 2. The van der Waals surface area contributed by atoms with E-state index in [0.29, 0.717) is 0 Å². The van der Waals surface area contributed by atoms with E-state index in [2.05, 4.69) is 0 Å². The number of rotatable bonds is 3. The van der Waals surface area contributed by atoms with Gasteiger partial charge < -0.3 is 15.2 Å². The maximum atomic E-state index is 14.6. The monoisotopic (exact) mass is 333 g/mol. The van der Waals surface area contributed by atoms with Crippen molar-refractivity contribution in [1.82, 2.24) is 9.88 Å². The van der Waals surface area contributed by atoms with Crippen LogP contribution in [-0.4, -0.2) is 30.6 Å². The lowest BCUT2D eigenvalue weighted by Crippen LogP contribution is -2.25. The second-order valence-corrected chi connectivity index (χ2v) is 4.94. The number of nitrogen functional groups attached to an aromatic ring is 1. The highest BCUT2D eigenvalue weighted by Gasteiger charge is 2.32. The van der Waals surface area contributed by atoms with E-state index in [4.69, 9.17) is 15.2 Å². The molecule has 1 aromatic heterocycles. The first-order chi connectivity index (χ1) is 11.4. The number of nitrogens with zero attached hydrogens (tertiary/aromatic N) is 1. The molecule has 3 rings (SSSR count). The van der Waals surface area contributed by atoms with Gasteiger partial charge in [-0.3, -0.25) is 24.3 Å². The van der Waals surface area contributed by atoms with Crippen LogP contribution in [0.4, 0.5) is 10.2 Å². The molecule has 0 atom stereocenters. The number of carbonyl (C=O) groups excluding carboxylic acids is 2. The topological polar surface area (TPSA) is 113 Å². The highest BCUT2D eigenvalue weighted by molar-refractivity contribution is 6.23. The van der Waals surface area contributed by atoms with Gasteiger partial charge in [-0.15, -0.1) is 0 Å². The summed E-state index contributed by atoms with van der Waals surface area (Å²) < 4.78 is 25.4. The second-order valence-electron chi connectivity index (χ2n) is 4.94. The lowest BCUT2D eigenvalue weighted by molar-refractivity contribution is 0.0880. The predicted molar refractivity (Wildman–Crippen MR) is 81.3 cm³/mol. The fraction of sp³-hybridized carbons (Fsp3) is 0.133. The van der Waals surface area contributed by atoms with Crippen molar-refractivity contribution in [2.75, 3.05) is 20.0 Å². The summed E-state index contributed by atoms with van der Waals surface area (Å²) in [5.41, 5.74) is 4.52. The number of imide groups is 1. The molecule has 0 saturated heterocycles. The van der Waals surface area contributed by atoms with Gasteiger partial charge in [0.2, 0.25) is 0 Å². The van der Waals surface area contributed by atoms with Gasteiger partial charge in [0.1, 0.15) is 11.6 Å². The zero-order valence-corrected chi connectivity index (χ0v) is 12.7. The van der Waals surface area contributed by atoms with Gasteiger partial charge in [-0.25, -0.2) is 4.39 Å². The summed E-state index contributed by atoms with van der Waals surface area (Å²) in [6, 6.07) is 3.46. The number of methoxy groups -OCH3 is 2. The van der Waals surface area contributed by atoms with Crippen molar-refractivity contribution in [3.63, 3.8) is 0 Å². The van der Waals surface area contributed by atoms with E-state index in [-0.39, 0.29) is 34.1 Å². The van der Waals surface area contributed by atoms with Crippen molar-refractivity contribution in [2.45, 2.75) is 0 Å². The number of hydrogen-bond acceptors (Lipinski definition) is 6. The van der Waals surface area contributed by atoms with Crippen LogP contribution in [0.5, 0.6) is 11.5 Å². The standard InChI is InChI=1S/C15H12FN3O5/c1-23-6-3-8(12(16)9(4-6)24-2)19-10(20)5-7-11(13(19)17)15(22)18-14(7)21/h3-5H,17H2,1-2H3,(H,18,21,22). The number of pyridine rings is 1. The highest BCUT2D eigenvalue weighted by atomic mass is 19.1. The molecule has 9 heteroatoms. The fourth-order valence-corrected chi connectivity index (χ4v) is 2.52. The quantitative estimate of drug-likeness (QED) is 0.789. The van der Waals surface area contributed by atoms with Crippen molar-refractivity contribution >= 4 is 17.6 Å². The lowest BCUT2D eigenvalue weighted by atomic mass is 10.1. The number of carbonyl (C=O) groups is 2. The fourth-order valence-electron chi connectivity index (χ4n) is 2.52. The summed E-state index contributed by atoms with van der Waals surface area (Å²) >= 11 is 0. The molecule has 0 radical (unpaired) electrons. The van der Waals surface area contributed by atoms with Crippen molar-refractivity contribution in [1.29, 1.82) is 0 Å². The Bertz CT molecular complexity index is 951. The molecule has 124 valence electrons. The van der Waals surface area contributed by atoms with E-state index < -0.39 is 23.2 Å². The number of aromatic nitrogens is 1. The molecule has 2 heterocycles. The summed E-state index contributed by atoms with van der Waals surface area (Å²) in [5, 5.41) is 2.04. The van der Waals surface area contributed by atoms with Crippen molar-refractivity contribution in [3.8, 4) is 17.2 Å². The van der Waals surface area contributed by atoms with Crippen LogP contribution < -0.4 is 26.1 Å². The van der Waals surface area contributed by atoms with Gasteiger partial charge in [0.25, 0.3) is 17.4 Å². The number of hydrogen-bond donors (Lipinski definition) is 2.